The van der Waals surface area contributed by atoms with E-state index in [0.717, 1.165) is 17.1 Å². The van der Waals surface area contributed by atoms with Gasteiger partial charge in [0.25, 0.3) is 0 Å². The third-order valence-corrected chi connectivity index (χ3v) is 1.92. The molecule has 0 amide bonds. The SMILES string of the molecule is Nc1cncc(-n2cc(C(F)(F)F)cn2)c1. The first kappa shape index (κ1) is 10.5. The van der Waals surface area contributed by atoms with E-state index in [-0.39, 0.29) is 0 Å². The van der Waals surface area contributed by atoms with E-state index in [2.05, 4.69) is 10.1 Å². The summed E-state index contributed by atoms with van der Waals surface area (Å²) in [5.74, 6) is 0. The zero-order chi connectivity index (χ0) is 11.8. The molecule has 16 heavy (non-hydrogen) atoms. The number of aromatic nitrogens is 3. The van der Waals surface area contributed by atoms with Crippen molar-refractivity contribution in [2.45, 2.75) is 6.18 Å². The Morgan fingerprint density at radius 1 is 1.19 bits per heavy atom. The molecule has 2 N–H and O–H groups in total. The average Bonchev–Trinajstić information content (AvgIpc) is 2.65. The molecule has 0 saturated heterocycles. The summed E-state index contributed by atoms with van der Waals surface area (Å²) in [6.45, 7) is 0. The molecule has 0 bridgehead atoms. The molecule has 2 rings (SSSR count). The van der Waals surface area contributed by atoms with E-state index in [1.807, 2.05) is 0 Å². The molecule has 0 fully saturated rings. The van der Waals surface area contributed by atoms with E-state index in [4.69, 9.17) is 5.73 Å². The van der Waals surface area contributed by atoms with Crippen molar-refractivity contribution in [3.8, 4) is 5.69 Å². The molecule has 0 aliphatic heterocycles. The molecule has 0 aromatic carbocycles. The minimum absolute atomic E-state index is 0.363. The van der Waals surface area contributed by atoms with Crippen molar-refractivity contribution in [2.75, 3.05) is 5.73 Å². The van der Waals surface area contributed by atoms with Crippen LogP contribution in [0.4, 0.5) is 18.9 Å². The van der Waals surface area contributed by atoms with E-state index in [1.54, 1.807) is 0 Å². The Hall–Kier alpha value is -2.05. The molecule has 2 heterocycles. The van der Waals surface area contributed by atoms with Crippen LogP contribution in [0.15, 0.2) is 30.9 Å². The van der Waals surface area contributed by atoms with E-state index >= 15 is 0 Å². The molecule has 2 aromatic heterocycles. The summed E-state index contributed by atoms with van der Waals surface area (Å²) < 4.78 is 38.0. The minimum atomic E-state index is -4.40. The zero-order valence-electron chi connectivity index (χ0n) is 7.94. The van der Waals surface area contributed by atoms with Crippen molar-refractivity contribution in [1.82, 2.24) is 14.8 Å². The van der Waals surface area contributed by atoms with Crippen molar-refractivity contribution in [1.29, 1.82) is 0 Å². The molecule has 0 radical (unpaired) electrons. The highest BCUT2D eigenvalue weighted by molar-refractivity contribution is 5.43. The summed E-state index contributed by atoms with van der Waals surface area (Å²) in [7, 11) is 0. The maximum absolute atomic E-state index is 12.3. The first-order valence-electron chi connectivity index (χ1n) is 4.29. The van der Waals surface area contributed by atoms with Gasteiger partial charge in [-0.1, -0.05) is 0 Å². The van der Waals surface area contributed by atoms with Gasteiger partial charge in [-0.2, -0.15) is 18.3 Å². The number of nitrogens with two attached hydrogens (primary N) is 1. The van der Waals surface area contributed by atoms with Crippen LogP contribution < -0.4 is 5.73 Å². The highest BCUT2D eigenvalue weighted by Gasteiger charge is 2.32. The van der Waals surface area contributed by atoms with Crippen LogP contribution >= 0.6 is 0 Å². The molecule has 84 valence electrons. The first-order chi connectivity index (χ1) is 7.47. The summed E-state index contributed by atoms with van der Waals surface area (Å²) in [6, 6.07) is 1.49. The Labute approximate surface area is 88.5 Å². The second kappa shape index (κ2) is 3.51. The van der Waals surface area contributed by atoms with Crippen molar-refractivity contribution in [3.05, 3.63) is 36.4 Å². The molecular formula is C9H7F3N4. The molecule has 0 atom stereocenters. The highest BCUT2D eigenvalue weighted by atomic mass is 19.4. The molecule has 2 aromatic rings. The molecule has 0 aliphatic rings. The van der Waals surface area contributed by atoms with Gasteiger partial charge in [-0.3, -0.25) is 4.98 Å². The Bertz CT molecular complexity index is 503. The number of nitrogen functional groups attached to an aromatic ring is 1. The summed E-state index contributed by atoms with van der Waals surface area (Å²) in [4.78, 5) is 3.76. The van der Waals surface area contributed by atoms with Gasteiger partial charge < -0.3 is 5.73 Å². The van der Waals surface area contributed by atoms with Crippen molar-refractivity contribution < 1.29 is 13.2 Å². The molecule has 0 aliphatic carbocycles. The number of hydrogen-bond acceptors (Lipinski definition) is 3. The Kier molecular flexibility index (Phi) is 2.30. The van der Waals surface area contributed by atoms with Gasteiger partial charge in [0.1, 0.15) is 0 Å². The quantitative estimate of drug-likeness (QED) is 0.810. The normalized spacial score (nSPS) is 11.7. The molecule has 0 saturated carbocycles. The van der Waals surface area contributed by atoms with E-state index in [9.17, 15) is 13.2 Å². The number of alkyl halides is 3. The van der Waals surface area contributed by atoms with Crippen LogP contribution in [0.2, 0.25) is 0 Å². The van der Waals surface area contributed by atoms with Gasteiger partial charge in [0, 0.05) is 12.4 Å². The summed E-state index contributed by atoms with van der Waals surface area (Å²) >= 11 is 0. The second-order valence-corrected chi connectivity index (χ2v) is 3.15. The van der Waals surface area contributed by atoms with Gasteiger partial charge >= 0.3 is 6.18 Å². The highest BCUT2D eigenvalue weighted by Crippen LogP contribution is 2.29. The fourth-order valence-corrected chi connectivity index (χ4v) is 1.18. The third-order valence-electron chi connectivity index (χ3n) is 1.92. The van der Waals surface area contributed by atoms with E-state index in [0.29, 0.717) is 11.4 Å². The molecular weight excluding hydrogens is 221 g/mol. The van der Waals surface area contributed by atoms with Crippen molar-refractivity contribution >= 4 is 5.69 Å². The smallest absolute Gasteiger partial charge is 0.397 e. The maximum Gasteiger partial charge on any atom is 0.419 e. The van der Waals surface area contributed by atoms with Crippen molar-refractivity contribution in [2.24, 2.45) is 0 Å². The topological polar surface area (TPSA) is 56.7 Å². The lowest BCUT2D eigenvalue weighted by Gasteiger charge is -2.02. The number of pyridine rings is 1. The molecule has 7 heteroatoms. The number of rotatable bonds is 1. The summed E-state index contributed by atoms with van der Waals surface area (Å²) in [5, 5.41) is 3.60. The van der Waals surface area contributed by atoms with Crippen LogP contribution in [0.5, 0.6) is 0 Å². The standard InChI is InChI=1S/C9H7F3N4/c10-9(11,12)6-2-15-16(5-6)8-1-7(13)3-14-4-8/h1-5H,13H2. The lowest BCUT2D eigenvalue weighted by molar-refractivity contribution is -0.137. The largest absolute Gasteiger partial charge is 0.419 e. The first-order valence-corrected chi connectivity index (χ1v) is 4.29. The van der Waals surface area contributed by atoms with Gasteiger partial charge in [-0.25, -0.2) is 4.68 Å². The van der Waals surface area contributed by atoms with E-state index < -0.39 is 11.7 Å². The van der Waals surface area contributed by atoms with Gasteiger partial charge in [0.2, 0.25) is 0 Å². The van der Waals surface area contributed by atoms with Crippen LogP contribution in [0, 0.1) is 0 Å². The van der Waals surface area contributed by atoms with E-state index in [1.165, 1.54) is 18.5 Å². The summed E-state index contributed by atoms with van der Waals surface area (Å²) in [6.07, 6.45) is 0.0207. The van der Waals surface area contributed by atoms with Gasteiger partial charge in [0.15, 0.2) is 0 Å². The number of nitrogens with zero attached hydrogens (tertiary/aromatic N) is 3. The van der Waals surface area contributed by atoms with Crippen LogP contribution in [0.3, 0.4) is 0 Å². The van der Waals surface area contributed by atoms with Crippen LogP contribution in [-0.2, 0) is 6.18 Å². The fourth-order valence-electron chi connectivity index (χ4n) is 1.18. The predicted molar refractivity (Wildman–Crippen MR) is 50.8 cm³/mol. The van der Waals surface area contributed by atoms with Crippen LogP contribution in [0.25, 0.3) is 5.69 Å². The van der Waals surface area contributed by atoms with Crippen LogP contribution in [-0.4, -0.2) is 14.8 Å². The van der Waals surface area contributed by atoms with Gasteiger partial charge in [-0.05, 0) is 6.07 Å². The lowest BCUT2D eigenvalue weighted by Crippen LogP contribution is -2.03. The molecule has 0 spiro atoms. The third kappa shape index (κ3) is 1.97. The van der Waals surface area contributed by atoms with Gasteiger partial charge in [-0.15, -0.1) is 0 Å². The van der Waals surface area contributed by atoms with Crippen molar-refractivity contribution in [3.63, 3.8) is 0 Å². The Morgan fingerprint density at radius 2 is 1.94 bits per heavy atom. The monoisotopic (exact) mass is 228 g/mol. The summed E-state index contributed by atoms with van der Waals surface area (Å²) in [5.41, 5.74) is 5.40. The minimum Gasteiger partial charge on any atom is -0.397 e. The van der Waals surface area contributed by atoms with Crippen LogP contribution in [0.1, 0.15) is 5.56 Å². The number of hydrogen-bond donors (Lipinski definition) is 1. The average molecular weight is 228 g/mol. The lowest BCUT2D eigenvalue weighted by atomic mass is 10.3. The Morgan fingerprint density at radius 3 is 2.50 bits per heavy atom. The van der Waals surface area contributed by atoms with Gasteiger partial charge in [0.05, 0.1) is 29.3 Å². The fraction of sp³-hybridized carbons (Fsp3) is 0.111. The molecule has 0 unspecified atom stereocenters. The second-order valence-electron chi connectivity index (χ2n) is 3.15. The number of halogens is 3. The number of anilines is 1. The zero-order valence-corrected chi connectivity index (χ0v) is 7.94. The molecule has 4 nitrogen and oxygen atoms in total. The predicted octanol–water partition coefficient (Wildman–Crippen LogP) is 1.87. The maximum atomic E-state index is 12.3. The Balaban J connectivity index is 2.39.